The molecule has 0 heterocycles. The Hall–Kier alpha value is -2.22. The fourth-order valence-corrected chi connectivity index (χ4v) is 1.24. The van der Waals surface area contributed by atoms with Crippen LogP contribution >= 0.6 is 0 Å². The highest BCUT2D eigenvalue weighted by molar-refractivity contribution is 5.55. The highest BCUT2D eigenvalue weighted by Crippen LogP contribution is 2.16. The summed E-state index contributed by atoms with van der Waals surface area (Å²) >= 11 is 0. The normalized spacial score (nSPS) is 8.28. The Morgan fingerprint density at radius 1 is 0.720 bits per heavy atom. The summed E-state index contributed by atoms with van der Waals surface area (Å²) < 4.78 is 0. The quantitative estimate of drug-likeness (QED) is 0.556. The largest absolute Gasteiger partial charge is 0.508 e. The maximum absolute atomic E-state index is 9.19. The summed E-state index contributed by atoms with van der Waals surface area (Å²) in [7, 11) is 0. The van der Waals surface area contributed by atoms with Gasteiger partial charge < -0.3 is 10.2 Å². The molecule has 2 heteroatoms. The SMILES string of the molecule is C/C=C/c1ccccc1O.CC.CCC.CCC.Oc1ccccc1. The smallest absolute Gasteiger partial charge is 0.122 e. The molecule has 0 atom stereocenters. The Morgan fingerprint density at radius 3 is 1.44 bits per heavy atom. The molecule has 2 aromatic carbocycles. The van der Waals surface area contributed by atoms with Gasteiger partial charge in [0.25, 0.3) is 0 Å². The molecule has 0 saturated carbocycles. The van der Waals surface area contributed by atoms with Crippen LogP contribution in [0.15, 0.2) is 60.7 Å². The third-order valence-corrected chi connectivity index (χ3v) is 2.04. The van der Waals surface area contributed by atoms with Gasteiger partial charge in [0.05, 0.1) is 0 Å². The molecule has 0 fully saturated rings. The summed E-state index contributed by atoms with van der Waals surface area (Å²) in [5, 5.41) is 17.8. The van der Waals surface area contributed by atoms with Crippen molar-refractivity contribution in [2.24, 2.45) is 0 Å². The average molecular weight is 347 g/mol. The first-order valence-corrected chi connectivity index (χ1v) is 9.21. The van der Waals surface area contributed by atoms with Crippen LogP contribution in [-0.2, 0) is 0 Å². The van der Waals surface area contributed by atoms with E-state index in [0.717, 1.165) is 5.56 Å². The predicted octanol–water partition coefficient (Wildman–Crippen LogP) is 7.68. The maximum atomic E-state index is 9.19. The van der Waals surface area contributed by atoms with Crippen LogP contribution in [0.4, 0.5) is 0 Å². The fraction of sp³-hybridized carbons (Fsp3) is 0.391. The van der Waals surface area contributed by atoms with E-state index in [1.165, 1.54) is 12.8 Å². The van der Waals surface area contributed by atoms with Crippen LogP contribution in [0.3, 0.4) is 0 Å². The van der Waals surface area contributed by atoms with Crippen molar-refractivity contribution < 1.29 is 10.2 Å². The number of para-hydroxylation sites is 2. The van der Waals surface area contributed by atoms with Crippen molar-refractivity contribution in [1.29, 1.82) is 0 Å². The van der Waals surface area contributed by atoms with Crippen molar-refractivity contribution in [2.45, 2.75) is 61.3 Å². The number of allylic oxidation sites excluding steroid dienone is 1. The van der Waals surface area contributed by atoms with Crippen molar-refractivity contribution in [3.05, 3.63) is 66.2 Å². The Balaban J connectivity index is -0.000000282. The summed E-state index contributed by atoms with van der Waals surface area (Å²) in [6.45, 7) is 14.4. The summed E-state index contributed by atoms with van der Waals surface area (Å²) in [6, 6.07) is 16.0. The van der Waals surface area contributed by atoms with Crippen molar-refractivity contribution in [3.63, 3.8) is 0 Å². The molecule has 2 N–H and O–H groups in total. The van der Waals surface area contributed by atoms with Gasteiger partial charge in [-0.25, -0.2) is 0 Å². The van der Waals surface area contributed by atoms with Crippen molar-refractivity contribution >= 4 is 6.08 Å². The van der Waals surface area contributed by atoms with Crippen LogP contribution in [0.1, 0.15) is 66.9 Å². The van der Waals surface area contributed by atoms with Crippen LogP contribution in [0.2, 0.25) is 0 Å². The van der Waals surface area contributed by atoms with E-state index in [2.05, 4.69) is 27.7 Å². The van der Waals surface area contributed by atoms with Gasteiger partial charge in [-0.1, -0.05) is 103 Å². The summed E-state index contributed by atoms with van der Waals surface area (Å²) in [5.41, 5.74) is 0.866. The number of aromatic hydroxyl groups is 2. The lowest BCUT2D eigenvalue weighted by molar-refractivity contribution is 0.474. The molecule has 2 nitrogen and oxygen atoms in total. The minimum Gasteiger partial charge on any atom is -0.508 e. The lowest BCUT2D eigenvalue weighted by Crippen LogP contribution is -1.70. The first-order valence-electron chi connectivity index (χ1n) is 9.21. The molecule has 0 amide bonds. The number of rotatable bonds is 1. The zero-order valence-electron chi connectivity index (χ0n) is 17.2. The molecule has 0 aliphatic heterocycles. The molecule has 0 saturated heterocycles. The number of phenols is 2. The first-order chi connectivity index (χ1) is 12.1. The van der Waals surface area contributed by atoms with Gasteiger partial charge in [-0.05, 0) is 25.1 Å². The molecule has 2 aromatic rings. The topological polar surface area (TPSA) is 40.5 Å². The average Bonchev–Trinajstić information content (AvgIpc) is 2.62. The molecule has 142 valence electrons. The molecule has 0 aliphatic rings. The molecule has 0 aromatic heterocycles. The third-order valence-electron chi connectivity index (χ3n) is 2.04. The minimum absolute atomic E-state index is 0.322. The van der Waals surface area contributed by atoms with E-state index in [1.807, 2.05) is 57.2 Å². The van der Waals surface area contributed by atoms with Crippen molar-refractivity contribution in [3.8, 4) is 11.5 Å². The molecule has 0 unspecified atom stereocenters. The Morgan fingerprint density at radius 2 is 1.12 bits per heavy atom. The van der Waals surface area contributed by atoms with Crippen LogP contribution in [0, 0.1) is 0 Å². The second-order valence-corrected chi connectivity index (χ2v) is 4.81. The van der Waals surface area contributed by atoms with Crippen LogP contribution < -0.4 is 0 Å². The van der Waals surface area contributed by atoms with Gasteiger partial charge in [-0.2, -0.15) is 0 Å². The van der Waals surface area contributed by atoms with E-state index in [-0.39, 0.29) is 0 Å². The van der Waals surface area contributed by atoms with Gasteiger partial charge in [-0.3, -0.25) is 0 Å². The zero-order chi connectivity index (χ0) is 19.9. The van der Waals surface area contributed by atoms with Crippen LogP contribution in [0.25, 0.3) is 6.08 Å². The first kappa shape index (κ1) is 27.6. The molecule has 0 bridgehead atoms. The molecular weight excluding hydrogens is 308 g/mol. The number of phenolic OH excluding ortho intramolecular Hbond substituents is 2. The van der Waals surface area contributed by atoms with Crippen LogP contribution in [-0.4, -0.2) is 10.2 Å². The molecule has 0 radical (unpaired) electrons. The number of hydrogen-bond donors (Lipinski definition) is 2. The zero-order valence-corrected chi connectivity index (χ0v) is 17.2. The molecule has 0 spiro atoms. The van der Waals surface area contributed by atoms with E-state index in [4.69, 9.17) is 5.11 Å². The fourth-order valence-electron chi connectivity index (χ4n) is 1.24. The Labute approximate surface area is 155 Å². The summed E-state index contributed by atoms with van der Waals surface area (Å²) in [6.07, 6.45) is 6.27. The van der Waals surface area contributed by atoms with Gasteiger partial charge in [0, 0.05) is 5.56 Å². The predicted molar refractivity (Wildman–Crippen MR) is 114 cm³/mol. The molecular formula is C23H38O2. The Bertz CT molecular complexity index is 488. The van der Waals surface area contributed by atoms with Gasteiger partial charge in [0.1, 0.15) is 11.5 Å². The summed E-state index contributed by atoms with van der Waals surface area (Å²) in [4.78, 5) is 0. The minimum atomic E-state index is 0.322. The standard InChI is InChI=1S/C9H10O.C6H6O.2C3H8.C2H6/c1-2-5-8-6-3-4-7-9(8)10;7-6-4-2-1-3-5-6;2*1-3-2;1-2/h2-7,10H,1H3;1-5,7H;2*3H2,1-2H3;1-2H3/b5-2+;;;;. The Kier molecular flexibility index (Phi) is 26.6. The van der Waals surface area contributed by atoms with Crippen molar-refractivity contribution in [2.75, 3.05) is 0 Å². The van der Waals surface area contributed by atoms with Gasteiger partial charge in [-0.15, -0.1) is 0 Å². The number of hydrogen-bond acceptors (Lipinski definition) is 2. The van der Waals surface area contributed by atoms with Crippen LogP contribution in [0.5, 0.6) is 11.5 Å². The molecule has 2 rings (SSSR count). The van der Waals surface area contributed by atoms with E-state index in [0.29, 0.717) is 11.5 Å². The highest BCUT2D eigenvalue weighted by Gasteiger charge is 1.90. The van der Waals surface area contributed by atoms with E-state index >= 15 is 0 Å². The second-order valence-electron chi connectivity index (χ2n) is 4.81. The van der Waals surface area contributed by atoms with Gasteiger partial charge >= 0.3 is 0 Å². The van der Waals surface area contributed by atoms with Gasteiger partial charge in [0.15, 0.2) is 0 Å². The lowest BCUT2D eigenvalue weighted by Gasteiger charge is -1.94. The van der Waals surface area contributed by atoms with Crippen molar-refractivity contribution in [1.82, 2.24) is 0 Å². The van der Waals surface area contributed by atoms with E-state index < -0.39 is 0 Å². The lowest BCUT2D eigenvalue weighted by atomic mass is 10.2. The monoisotopic (exact) mass is 346 g/mol. The third kappa shape index (κ3) is 21.8. The van der Waals surface area contributed by atoms with E-state index in [1.54, 1.807) is 30.3 Å². The molecule has 0 aliphatic carbocycles. The molecule has 25 heavy (non-hydrogen) atoms. The number of benzene rings is 2. The van der Waals surface area contributed by atoms with Gasteiger partial charge in [0.2, 0.25) is 0 Å². The van der Waals surface area contributed by atoms with E-state index in [9.17, 15) is 5.11 Å². The maximum Gasteiger partial charge on any atom is 0.122 e. The highest BCUT2D eigenvalue weighted by atomic mass is 16.3. The second kappa shape index (κ2) is 24.0. The summed E-state index contributed by atoms with van der Waals surface area (Å²) in [5.74, 6) is 0.656.